The first-order valence-electron chi connectivity index (χ1n) is 7.57. The first kappa shape index (κ1) is 16.6. The van der Waals surface area contributed by atoms with Crippen molar-refractivity contribution in [3.05, 3.63) is 71.8 Å². The van der Waals surface area contributed by atoms with Gasteiger partial charge in [0.25, 0.3) is 0 Å². The molecule has 4 nitrogen and oxygen atoms in total. The minimum Gasteiger partial charge on any atom is -0.507 e. The van der Waals surface area contributed by atoms with Crippen LogP contribution in [0.25, 0.3) is 0 Å². The van der Waals surface area contributed by atoms with Crippen LogP contribution in [0.1, 0.15) is 28.4 Å². The first-order valence-corrected chi connectivity index (χ1v) is 7.57. The summed E-state index contributed by atoms with van der Waals surface area (Å²) in [5.41, 5.74) is 3.07. The average Bonchev–Trinajstić information content (AvgIpc) is 2.56. The molecule has 0 spiro atoms. The number of carbonyl (C=O) groups is 1. The van der Waals surface area contributed by atoms with Crippen molar-refractivity contribution >= 4 is 11.7 Å². The van der Waals surface area contributed by atoms with E-state index in [9.17, 15) is 9.90 Å². The molecule has 0 aromatic heterocycles. The molecule has 0 aliphatic carbocycles. The number of phenolic OH excluding ortho intramolecular Hbond substituents is 1. The molecule has 0 fully saturated rings. The van der Waals surface area contributed by atoms with Gasteiger partial charge in [-0.25, -0.2) is 4.79 Å². The number of allylic oxidation sites excluding steroid dienone is 1. The number of phenols is 1. The normalized spacial score (nSPS) is 10.1. The number of ether oxygens (including phenoxy) is 1. The molecular weight excluding hydrogens is 290 g/mol. The molecule has 23 heavy (non-hydrogen) atoms. The largest absolute Gasteiger partial charge is 0.507 e. The summed E-state index contributed by atoms with van der Waals surface area (Å²) in [6.07, 6.45) is 2.40. The summed E-state index contributed by atoms with van der Waals surface area (Å²) in [6, 6.07) is 12.7. The summed E-state index contributed by atoms with van der Waals surface area (Å²) < 4.78 is 4.95. The van der Waals surface area contributed by atoms with Crippen LogP contribution >= 0.6 is 0 Å². The van der Waals surface area contributed by atoms with Gasteiger partial charge >= 0.3 is 5.97 Å². The fourth-order valence-electron chi connectivity index (χ4n) is 2.24. The van der Waals surface area contributed by atoms with E-state index in [1.165, 1.54) is 0 Å². The lowest BCUT2D eigenvalue weighted by Crippen LogP contribution is -2.05. The molecule has 2 rings (SSSR count). The van der Waals surface area contributed by atoms with Crippen molar-refractivity contribution < 1.29 is 14.6 Å². The van der Waals surface area contributed by atoms with Gasteiger partial charge < -0.3 is 15.2 Å². The van der Waals surface area contributed by atoms with Gasteiger partial charge in [-0.3, -0.25) is 0 Å². The number of benzene rings is 2. The Labute approximate surface area is 136 Å². The van der Waals surface area contributed by atoms with Crippen LogP contribution in [0.15, 0.2) is 55.1 Å². The van der Waals surface area contributed by atoms with Crippen LogP contribution in [0.2, 0.25) is 0 Å². The van der Waals surface area contributed by atoms with Crippen LogP contribution in [0.3, 0.4) is 0 Å². The SMILES string of the molecule is C=CCc1cccc(CNc2ccc(C(=O)OCC)cc2)c1O. The monoisotopic (exact) mass is 311 g/mol. The molecule has 0 aliphatic heterocycles. The number of esters is 1. The van der Waals surface area contributed by atoms with Crippen molar-refractivity contribution in [1.29, 1.82) is 0 Å². The molecule has 0 unspecified atom stereocenters. The molecule has 120 valence electrons. The van der Waals surface area contributed by atoms with Gasteiger partial charge in [0.1, 0.15) is 5.75 Å². The van der Waals surface area contributed by atoms with Gasteiger partial charge in [0, 0.05) is 17.8 Å². The molecule has 2 aromatic rings. The number of hydrogen-bond donors (Lipinski definition) is 2. The minimum absolute atomic E-state index is 0.294. The Morgan fingerprint density at radius 3 is 2.57 bits per heavy atom. The number of nitrogens with one attached hydrogen (secondary N) is 1. The smallest absolute Gasteiger partial charge is 0.338 e. The molecule has 4 heteroatoms. The van der Waals surface area contributed by atoms with Crippen LogP contribution < -0.4 is 5.32 Å². The van der Waals surface area contributed by atoms with Crippen molar-refractivity contribution in [2.45, 2.75) is 19.9 Å². The van der Waals surface area contributed by atoms with Gasteiger partial charge in [0.15, 0.2) is 0 Å². The Kier molecular flexibility index (Phi) is 5.80. The van der Waals surface area contributed by atoms with Crippen molar-refractivity contribution in [3.63, 3.8) is 0 Å². The molecular formula is C19H21NO3. The zero-order valence-electron chi connectivity index (χ0n) is 13.2. The highest BCUT2D eigenvalue weighted by Crippen LogP contribution is 2.24. The van der Waals surface area contributed by atoms with Crippen molar-refractivity contribution in [3.8, 4) is 5.75 Å². The summed E-state index contributed by atoms with van der Waals surface area (Å²) in [5, 5.41) is 13.5. The quantitative estimate of drug-likeness (QED) is 0.601. The number of anilines is 1. The lowest BCUT2D eigenvalue weighted by Gasteiger charge is -2.11. The number of hydrogen-bond acceptors (Lipinski definition) is 4. The standard InChI is InChI=1S/C19H21NO3/c1-3-6-14-7-5-8-16(18(14)21)13-20-17-11-9-15(10-12-17)19(22)23-4-2/h3,5,7-12,20-21H,1,4,6,13H2,2H3. The molecule has 0 atom stereocenters. The fraction of sp³-hybridized carbons (Fsp3) is 0.211. The lowest BCUT2D eigenvalue weighted by molar-refractivity contribution is 0.0526. The summed E-state index contributed by atoms with van der Waals surface area (Å²) >= 11 is 0. The van der Waals surface area contributed by atoms with E-state index >= 15 is 0 Å². The number of aromatic hydroxyl groups is 1. The Balaban J connectivity index is 2.02. The number of carbonyl (C=O) groups excluding carboxylic acids is 1. The zero-order valence-corrected chi connectivity index (χ0v) is 13.2. The maximum Gasteiger partial charge on any atom is 0.338 e. The van der Waals surface area contributed by atoms with Gasteiger partial charge in [-0.15, -0.1) is 6.58 Å². The molecule has 0 bridgehead atoms. The van der Waals surface area contributed by atoms with Gasteiger partial charge in [-0.1, -0.05) is 24.3 Å². The molecule has 0 amide bonds. The summed E-state index contributed by atoms with van der Waals surface area (Å²) in [7, 11) is 0. The van der Waals surface area contributed by atoms with E-state index in [0.717, 1.165) is 16.8 Å². The van der Waals surface area contributed by atoms with Crippen LogP contribution in [0.5, 0.6) is 5.75 Å². The van der Waals surface area contributed by atoms with E-state index in [-0.39, 0.29) is 5.97 Å². The van der Waals surface area contributed by atoms with Crippen LogP contribution in [0, 0.1) is 0 Å². The second kappa shape index (κ2) is 8.03. The van der Waals surface area contributed by atoms with Gasteiger partial charge in [0.05, 0.1) is 12.2 Å². The highest BCUT2D eigenvalue weighted by molar-refractivity contribution is 5.89. The second-order valence-electron chi connectivity index (χ2n) is 5.07. The molecule has 0 aliphatic rings. The average molecular weight is 311 g/mol. The number of rotatable bonds is 7. The third-order valence-corrected chi connectivity index (χ3v) is 3.45. The predicted octanol–water partition coefficient (Wildman–Crippen LogP) is 3.91. The predicted molar refractivity (Wildman–Crippen MR) is 91.7 cm³/mol. The van der Waals surface area contributed by atoms with Crippen LogP contribution in [-0.4, -0.2) is 17.7 Å². The molecule has 2 aromatic carbocycles. The van der Waals surface area contributed by atoms with Crippen molar-refractivity contribution in [2.75, 3.05) is 11.9 Å². The Morgan fingerprint density at radius 1 is 1.22 bits per heavy atom. The van der Waals surface area contributed by atoms with E-state index in [1.54, 1.807) is 25.1 Å². The molecule has 2 N–H and O–H groups in total. The third kappa shape index (κ3) is 4.36. The Hall–Kier alpha value is -2.75. The second-order valence-corrected chi connectivity index (χ2v) is 5.07. The van der Waals surface area contributed by atoms with Gasteiger partial charge in [-0.05, 0) is 43.2 Å². The fourth-order valence-corrected chi connectivity index (χ4v) is 2.24. The van der Waals surface area contributed by atoms with Gasteiger partial charge in [0.2, 0.25) is 0 Å². The van der Waals surface area contributed by atoms with Gasteiger partial charge in [-0.2, -0.15) is 0 Å². The molecule has 0 heterocycles. The maximum absolute atomic E-state index is 11.6. The van der Waals surface area contributed by atoms with Crippen molar-refractivity contribution in [2.24, 2.45) is 0 Å². The Morgan fingerprint density at radius 2 is 1.91 bits per heavy atom. The number of para-hydroxylation sites is 1. The van der Waals surface area contributed by atoms with E-state index < -0.39 is 0 Å². The van der Waals surface area contributed by atoms with E-state index in [2.05, 4.69) is 11.9 Å². The highest BCUT2D eigenvalue weighted by Gasteiger charge is 2.07. The first-order chi connectivity index (χ1) is 11.2. The summed E-state index contributed by atoms with van der Waals surface area (Å²) in [4.78, 5) is 11.6. The summed E-state index contributed by atoms with van der Waals surface area (Å²) in [6.45, 7) is 6.33. The van der Waals surface area contributed by atoms with Crippen LogP contribution in [0.4, 0.5) is 5.69 Å². The van der Waals surface area contributed by atoms with Crippen LogP contribution in [-0.2, 0) is 17.7 Å². The maximum atomic E-state index is 11.6. The van der Waals surface area contributed by atoms with E-state index in [0.29, 0.717) is 30.9 Å². The lowest BCUT2D eigenvalue weighted by atomic mass is 10.1. The minimum atomic E-state index is -0.325. The molecule has 0 radical (unpaired) electrons. The third-order valence-electron chi connectivity index (χ3n) is 3.45. The molecule has 0 saturated carbocycles. The summed E-state index contributed by atoms with van der Waals surface area (Å²) in [5.74, 6) is -0.0307. The Bertz CT molecular complexity index is 678. The van der Waals surface area contributed by atoms with E-state index in [4.69, 9.17) is 4.74 Å². The van der Waals surface area contributed by atoms with Crippen molar-refractivity contribution in [1.82, 2.24) is 0 Å². The molecule has 0 saturated heterocycles. The van der Waals surface area contributed by atoms with E-state index in [1.807, 2.05) is 30.3 Å². The highest BCUT2D eigenvalue weighted by atomic mass is 16.5. The zero-order chi connectivity index (χ0) is 16.7. The topological polar surface area (TPSA) is 58.6 Å².